The van der Waals surface area contributed by atoms with Crippen molar-refractivity contribution in [2.24, 2.45) is 0 Å². The first kappa shape index (κ1) is 14.6. The molecule has 1 aromatic carbocycles. The molecule has 3 aromatic rings. The molecule has 1 aliphatic carbocycles. The van der Waals surface area contributed by atoms with Crippen LogP contribution >= 0.6 is 0 Å². The summed E-state index contributed by atoms with van der Waals surface area (Å²) in [6.07, 6.45) is 10.0. The van der Waals surface area contributed by atoms with Gasteiger partial charge < -0.3 is 15.6 Å². The third-order valence-corrected chi connectivity index (χ3v) is 4.63. The summed E-state index contributed by atoms with van der Waals surface area (Å²) in [5.41, 5.74) is 7.08. The Balaban J connectivity index is 1.56. The van der Waals surface area contributed by atoms with Crippen LogP contribution in [-0.4, -0.2) is 31.5 Å². The molecule has 2 aromatic heterocycles. The zero-order chi connectivity index (χ0) is 16.5. The SMILES string of the molecule is Nc1ncnc2cc(C(=O)N[C@@H]3CCC[C@@H]3n3ccnc3)ccc12. The minimum atomic E-state index is -0.0916. The van der Waals surface area contributed by atoms with Gasteiger partial charge in [-0.15, -0.1) is 0 Å². The Labute approximate surface area is 138 Å². The molecule has 3 N–H and O–H groups in total. The fourth-order valence-corrected chi connectivity index (χ4v) is 3.40. The van der Waals surface area contributed by atoms with Gasteiger partial charge in [-0.25, -0.2) is 15.0 Å². The van der Waals surface area contributed by atoms with Crippen molar-refractivity contribution in [3.05, 3.63) is 48.8 Å². The standard InChI is InChI=1S/C17H18N6O/c18-16-12-5-4-11(8-14(12)20-9-21-16)17(24)22-13-2-1-3-15(13)23-7-6-19-10-23/h4-10,13,15H,1-3H2,(H,22,24)(H2,18,20,21)/t13-,15+/m1/s1. The maximum absolute atomic E-state index is 12.6. The predicted molar refractivity (Wildman–Crippen MR) is 90.3 cm³/mol. The van der Waals surface area contributed by atoms with Gasteiger partial charge in [0.2, 0.25) is 0 Å². The van der Waals surface area contributed by atoms with Crippen LogP contribution in [0.15, 0.2) is 43.2 Å². The molecule has 2 heterocycles. The molecule has 0 spiro atoms. The number of nitrogen functional groups attached to an aromatic ring is 1. The van der Waals surface area contributed by atoms with Crippen LogP contribution in [0.3, 0.4) is 0 Å². The number of amides is 1. The number of nitrogens with one attached hydrogen (secondary N) is 1. The monoisotopic (exact) mass is 322 g/mol. The summed E-state index contributed by atoms with van der Waals surface area (Å²) >= 11 is 0. The zero-order valence-corrected chi connectivity index (χ0v) is 13.1. The van der Waals surface area contributed by atoms with Crippen LogP contribution in [0.25, 0.3) is 10.9 Å². The fourth-order valence-electron chi connectivity index (χ4n) is 3.40. The van der Waals surface area contributed by atoms with Crippen molar-refractivity contribution in [2.75, 3.05) is 5.73 Å². The summed E-state index contributed by atoms with van der Waals surface area (Å²) in [4.78, 5) is 24.9. The van der Waals surface area contributed by atoms with E-state index in [4.69, 9.17) is 5.73 Å². The Morgan fingerprint density at radius 1 is 1.29 bits per heavy atom. The summed E-state index contributed by atoms with van der Waals surface area (Å²) in [5, 5.41) is 3.91. The molecule has 1 aliphatic rings. The fraction of sp³-hybridized carbons (Fsp3) is 0.294. The van der Waals surface area contributed by atoms with Crippen LogP contribution in [0, 0.1) is 0 Å². The highest BCUT2D eigenvalue weighted by atomic mass is 16.1. The Morgan fingerprint density at radius 3 is 3.04 bits per heavy atom. The number of benzene rings is 1. The Morgan fingerprint density at radius 2 is 2.21 bits per heavy atom. The van der Waals surface area contributed by atoms with Gasteiger partial charge in [-0.05, 0) is 37.5 Å². The Bertz CT molecular complexity index is 876. The lowest BCUT2D eigenvalue weighted by atomic mass is 10.1. The minimum Gasteiger partial charge on any atom is -0.383 e. The lowest BCUT2D eigenvalue weighted by Gasteiger charge is -2.22. The maximum atomic E-state index is 12.6. The molecule has 7 heteroatoms. The molecule has 0 saturated heterocycles. The molecule has 0 aliphatic heterocycles. The Hall–Kier alpha value is -2.96. The first-order chi connectivity index (χ1) is 11.7. The van der Waals surface area contributed by atoms with E-state index in [2.05, 4.69) is 24.8 Å². The molecule has 4 rings (SSSR count). The predicted octanol–water partition coefficient (Wildman–Crippen LogP) is 1.93. The molecule has 24 heavy (non-hydrogen) atoms. The molecule has 1 fully saturated rings. The summed E-state index contributed by atoms with van der Waals surface area (Å²) in [5.74, 6) is 0.328. The van der Waals surface area contributed by atoms with Crippen molar-refractivity contribution in [1.82, 2.24) is 24.8 Å². The number of rotatable bonds is 3. The third-order valence-electron chi connectivity index (χ3n) is 4.63. The second kappa shape index (κ2) is 5.92. The van der Waals surface area contributed by atoms with Gasteiger partial charge in [0.25, 0.3) is 5.91 Å². The van der Waals surface area contributed by atoms with Crippen molar-refractivity contribution in [1.29, 1.82) is 0 Å². The average Bonchev–Trinajstić information content (AvgIpc) is 3.25. The van der Waals surface area contributed by atoms with E-state index in [1.807, 2.05) is 12.5 Å². The van der Waals surface area contributed by atoms with Gasteiger partial charge in [-0.1, -0.05) is 0 Å². The van der Waals surface area contributed by atoms with E-state index in [1.165, 1.54) is 6.33 Å². The van der Waals surface area contributed by atoms with Crippen LogP contribution in [0.4, 0.5) is 5.82 Å². The topological polar surface area (TPSA) is 98.7 Å². The van der Waals surface area contributed by atoms with Gasteiger partial charge in [0.05, 0.1) is 17.9 Å². The summed E-state index contributed by atoms with van der Waals surface area (Å²) in [6, 6.07) is 5.68. The molecule has 7 nitrogen and oxygen atoms in total. The molecule has 0 radical (unpaired) electrons. The van der Waals surface area contributed by atoms with E-state index in [9.17, 15) is 4.79 Å². The summed E-state index contributed by atoms with van der Waals surface area (Å²) < 4.78 is 2.08. The van der Waals surface area contributed by atoms with E-state index in [1.54, 1.807) is 24.4 Å². The van der Waals surface area contributed by atoms with Gasteiger partial charge in [-0.2, -0.15) is 0 Å². The van der Waals surface area contributed by atoms with Crippen LogP contribution < -0.4 is 11.1 Å². The summed E-state index contributed by atoms with van der Waals surface area (Å²) in [7, 11) is 0. The van der Waals surface area contributed by atoms with Crippen LogP contribution in [-0.2, 0) is 0 Å². The van der Waals surface area contributed by atoms with Crippen molar-refractivity contribution in [2.45, 2.75) is 31.3 Å². The average molecular weight is 322 g/mol. The largest absolute Gasteiger partial charge is 0.383 e. The number of hydrogen-bond donors (Lipinski definition) is 2. The van der Waals surface area contributed by atoms with E-state index < -0.39 is 0 Å². The lowest BCUT2D eigenvalue weighted by molar-refractivity contribution is 0.0929. The normalized spacial score (nSPS) is 20.3. The lowest BCUT2D eigenvalue weighted by Crippen LogP contribution is -2.38. The van der Waals surface area contributed by atoms with E-state index in [0.717, 1.165) is 24.6 Å². The zero-order valence-electron chi connectivity index (χ0n) is 13.1. The van der Waals surface area contributed by atoms with Crippen LogP contribution in [0.5, 0.6) is 0 Å². The number of aromatic nitrogens is 4. The number of nitrogens with two attached hydrogens (primary N) is 1. The van der Waals surface area contributed by atoms with E-state index in [0.29, 0.717) is 16.9 Å². The third kappa shape index (κ3) is 2.58. The molecule has 2 atom stereocenters. The minimum absolute atomic E-state index is 0.0916. The van der Waals surface area contributed by atoms with Crippen molar-refractivity contribution in [3.8, 4) is 0 Å². The van der Waals surface area contributed by atoms with Gasteiger partial charge in [0, 0.05) is 29.4 Å². The molecular weight excluding hydrogens is 304 g/mol. The number of carbonyl (C=O) groups is 1. The maximum Gasteiger partial charge on any atom is 0.251 e. The number of anilines is 1. The number of nitrogens with zero attached hydrogens (tertiary/aromatic N) is 4. The molecule has 1 amide bonds. The quantitative estimate of drug-likeness (QED) is 0.767. The van der Waals surface area contributed by atoms with Crippen LogP contribution in [0.1, 0.15) is 35.7 Å². The second-order valence-electron chi connectivity index (χ2n) is 6.08. The van der Waals surface area contributed by atoms with Gasteiger partial charge in [0.1, 0.15) is 12.1 Å². The number of imidazole rings is 1. The highest BCUT2D eigenvalue weighted by Gasteiger charge is 2.29. The Kier molecular flexibility index (Phi) is 3.60. The van der Waals surface area contributed by atoms with Crippen molar-refractivity contribution in [3.63, 3.8) is 0 Å². The molecule has 0 unspecified atom stereocenters. The number of fused-ring (bicyclic) bond motifs is 1. The molecular formula is C17H18N6O. The molecule has 0 bridgehead atoms. The summed E-state index contributed by atoms with van der Waals surface area (Å²) in [6.45, 7) is 0. The molecule has 122 valence electrons. The second-order valence-corrected chi connectivity index (χ2v) is 6.08. The highest BCUT2D eigenvalue weighted by Crippen LogP contribution is 2.30. The first-order valence-electron chi connectivity index (χ1n) is 8.01. The van der Waals surface area contributed by atoms with E-state index >= 15 is 0 Å². The smallest absolute Gasteiger partial charge is 0.251 e. The van der Waals surface area contributed by atoms with Crippen molar-refractivity contribution < 1.29 is 4.79 Å². The first-order valence-corrected chi connectivity index (χ1v) is 8.01. The molecule has 1 saturated carbocycles. The van der Waals surface area contributed by atoms with Gasteiger partial charge in [-0.3, -0.25) is 4.79 Å². The van der Waals surface area contributed by atoms with Crippen molar-refractivity contribution >= 4 is 22.6 Å². The number of carbonyl (C=O) groups excluding carboxylic acids is 1. The van der Waals surface area contributed by atoms with E-state index in [-0.39, 0.29) is 18.0 Å². The number of hydrogen-bond acceptors (Lipinski definition) is 5. The highest BCUT2D eigenvalue weighted by molar-refractivity contribution is 5.99. The van der Waals surface area contributed by atoms with Crippen LogP contribution in [0.2, 0.25) is 0 Å². The van der Waals surface area contributed by atoms with Gasteiger partial charge in [0.15, 0.2) is 0 Å². The van der Waals surface area contributed by atoms with Gasteiger partial charge >= 0.3 is 0 Å².